The van der Waals surface area contributed by atoms with Gasteiger partial charge in [-0.3, -0.25) is 4.99 Å². The molecule has 2 N–H and O–H groups in total. The second-order valence-electron chi connectivity index (χ2n) is 7.40. The molecule has 0 aliphatic carbocycles. The monoisotopic (exact) mass is 563 g/mol. The summed E-state index contributed by atoms with van der Waals surface area (Å²) in [7, 11) is -1.57. The van der Waals surface area contributed by atoms with Crippen molar-refractivity contribution in [2.75, 3.05) is 26.5 Å². The quantitative estimate of drug-likeness (QED) is 0.263. The number of hydrogen-bond donors (Lipinski definition) is 2. The Morgan fingerprint density at radius 3 is 2.48 bits per heavy atom. The van der Waals surface area contributed by atoms with E-state index in [4.69, 9.17) is 4.74 Å². The van der Waals surface area contributed by atoms with Gasteiger partial charge < -0.3 is 15.4 Å². The van der Waals surface area contributed by atoms with Gasteiger partial charge in [-0.15, -0.1) is 24.0 Å². The van der Waals surface area contributed by atoms with Gasteiger partial charge in [0.05, 0.1) is 19.0 Å². The van der Waals surface area contributed by atoms with E-state index in [1.165, 1.54) is 18.2 Å². The van der Waals surface area contributed by atoms with Crippen molar-refractivity contribution in [2.24, 2.45) is 10.9 Å². The summed E-state index contributed by atoms with van der Waals surface area (Å²) in [5.41, 5.74) is 2.29. The van der Waals surface area contributed by atoms with Gasteiger partial charge in [-0.2, -0.15) is 0 Å². The van der Waals surface area contributed by atoms with Gasteiger partial charge in [0.15, 0.2) is 15.8 Å². The van der Waals surface area contributed by atoms with E-state index < -0.39 is 15.7 Å². The van der Waals surface area contributed by atoms with Crippen molar-refractivity contribution in [2.45, 2.75) is 25.8 Å². The lowest BCUT2D eigenvalue weighted by atomic mass is 10.1. The highest BCUT2D eigenvalue weighted by atomic mass is 127. The number of hydrogen-bond acceptors (Lipinski definition) is 4. The van der Waals surface area contributed by atoms with Gasteiger partial charge in [0.25, 0.3) is 0 Å². The Balaban J connectivity index is 0.00000480. The lowest BCUT2D eigenvalue weighted by Gasteiger charge is -2.17. The molecule has 2 aromatic rings. The molecular weight excluding hydrogens is 532 g/mol. The molecule has 31 heavy (non-hydrogen) atoms. The number of aliphatic imine (C=N–C) groups is 1. The summed E-state index contributed by atoms with van der Waals surface area (Å²) in [6, 6.07) is 14.1. The summed E-state index contributed by atoms with van der Waals surface area (Å²) in [6.07, 6.45) is 1.16. The minimum atomic E-state index is -3.22. The first kappa shape index (κ1) is 27.3. The molecule has 2 rings (SSSR count). The van der Waals surface area contributed by atoms with Crippen molar-refractivity contribution >= 4 is 39.8 Å². The van der Waals surface area contributed by atoms with Crippen LogP contribution in [0.4, 0.5) is 4.39 Å². The second-order valence-corrected chi connectivity index (χ2v) is 9.54. The molecule has 0 fully saturated rings. The molecule has 6 nitrogen and oxygen atoms in total. The second kappa shape index (κ2) is 13.6. The third-order valence-electron chi connectivity index (χ3n) is 4.39. The zero-order valence-corrected chi connectivity index (χ0v) is 21.2. The van der Waals surface area contributed by atoms with E-state index in [1.54, 1.807) is 7.05 Å². The minimum absolute atomic E-state index is 0. The molecule has 9 heteroatoms. The Kier molecular flexibility index (Phi) is 12.0. The predicted molar refractivity (Wildman–Crippen MR) is 134 cm³/mol. The van der Waals surface area contributed by atoms with E-state index >= 15 is 0 Å². The molecule has 0 radical (unpaired) electrons. The van der Waals surface area contributed by atoms with Crippen LogP contribution in [0.2, 0.25) is 0 Å². The Morgan fingerprint density at radius 2 is 1.84 bits per heavy atom. The number of nitrogens with one attached hydrogen (secondary N) is 2. The molecule has 0 spiro atoms. The third kappa shape index (κ3) is 10.9. The van der Waals surface area contributed by atoms with Crippen LogP contribution < -0.4 is 10.6 Å². The van der Waals surface area contributed by atoms with Crippen molar-refractivity contribution in [3.05, 3.63) is 71.0 Å². The Hall–Kier alpha value is -1.72. The average Bonchev–Trinajstić information content (AvgIpc) is 2.70. The van der Waals surface area contributed by atoms with Crippen LogP contribution in [0.3, 0.4) is 0 Å². The summed E-state index contributed by atoms with van der Waals surface area (Å²) in [5, 5.41) is 6.33. The Morgan fingerprint density at radius 1 is 1.13 bits per heavy atom. The highest BCUT2D eigenvalue weighted by Crippen LogP contribution is 2.14. The topological polar surface area (TPSA) is 79.8 Å². The fraction of sp³-hybridized carbons (Fsp3) is 0.409. The van der Waals surface area contributed by atoms with Gasteiger partial charge in [0, 0.05) is 26.4 Å². The summed E-state index contributed by atoms with van der Waals surface area (Å²) in [5.74, 6) is 0.268. The first-order valence-corrected chi connectivity index (χ1v) is 11.8. The Labute approximate surface area is 201 Å². The van der Waals surface area contributed by atoms with Crippen LogP contribution in [-0.2, 0) is 33.5 Å². The maximum absolute atomic E-state index is 13.6. The minimum Gasteiger partial charge on any atom is -0.376 e. The van der Waals surface area contributed by atoms with E-state index in [2.05, 4.69) is 22.5 Å². The van der Waals surface area contributed by atoms with Crippen LogP contribution in [0.1, 0.15) is 23.6 Å². The van der Waals surface area contributed by atoms with Crippen LogP contribution >= 0.6 is 24.0 Å². The zero-order chi connectivity index (χ0) is 22.0. The number of benzene rings is 2. The molecule has 0 aromatic heterocycles. The predicted octanol–water partition coefficient (Wildman–Crippen LogP) is 3.51. The third-order valence-corrected chi connectivity index (χ3v) is 5.22. The summed E-state index contributed by atoms with van der Waals surface area (Å²) in [6.45, 7) is 4.15. The first-order chi connectivity index (χ1) is 14.3. The highest BCUT2D eigenvalue weighted by Gasteiger charge is 2.11. The molecule has 0 heterocycles. The van der Waals surface area contributed by atoms with Crippen LogP contribution in [0.5, 0.6) is 0 Å². The lowest BCUT2D eigenvalue weighted by molar-refractivity contribution is 0.0931. The molecule has 0 saturated carbocycles. The summed E-state index contributed by atoms with van der Waals surface area (Å²) >= 11 is 0. The van der Waals surface area contributed by atoms with E-state index in [0.29, 0.717) is 36.8 Å². The van der Waals surface area contributed by atoms with Crippen molar-refractivity contribution < 1.29 is 17.5 Å². The molecule has 2 aromatic carbocycles. The van der Waals surface area contributed by atoms with Crippen molar-refractivity contribution in [1.29, 1.82) is 0 Å². The SMILES string of the molecule is CN=C(NCc1cc(F)ccc1CS(C)(=O)=O)NCC(C)COCc1ccccc1.I. The van der Waals surface area contributed by atoms with Crippen LogP contribution in [0.25, 0.3) is 0 Å². The van der Waals surface area contributed by atoms with Gasteiger partial charge in [-0.25, -0.2) is 12.8 Å². The number of rotatable bonds is 10. The smallest absolute Gasteiger partial charge is 0.191 e. The zero-order valence-electron chi connectivity index (χ0n) is 18.1. The lowest BCUT2D eigenvalue weighted by Crippen LogP contribution is -2.39. The van der Waals surface area contributed by atoms with E-state index in [9.17, 15) is 12.8 Å². The van der Waals surface area contributed by atoms with Gasteiger partial charge in [-0.1, -0.05) is 43.3 Å². The van der Waals surface area contributed by atoms with Crippen molar-refractivity contribution in [3.8, 4) is 0 Å². The maximum atomic E-state index is 13.6. The van der Waals surface area contributed by atoms with Crippen molar-refractivity contribution in [3.63, 3.8) is 0 Å². The van der Waals surface area contributed by atoms with E-state index in [-0.39, 0.29) is 42.2 Å². The molecule has 1 atom stereocenters. The fourth-order valence-corrected chi connectivity index (χ4v) is 3.71. The van der Waals surface area contributed by atoms with Crippen LogP contribution in [0.15, 0.2) is 53.5 Å². The number of halogens is 2. The maximum Gasteiger partial charge on any atom is 0.191 e. The summed E-state index contributed by atoms with van der Waals surface area (Å²) < 4.78 is 42.6. The van der Waals surface area contributed by atoms with Gasteiger partial charge in [0.2, 0.25) is 0 Å². The Bertz CT molecular complexity index is 940. The highest BCUT2D eigenvalue weighted by molar-refractivity contribution is 14.0. The average molecular weight is 563 g/mol. The summed E-state index contributed by atoms with van der Waals surface area (Å²) in [4.78, 5) is 4.17. The molecule has 0 aliphatic heterocycles. The van der Waals surface area contributed by atoms with Crippen LogP contribution in [0, 0.1) is 11.7 Å². The normalized spacial score (nSPS) is 12.7. The fourth-order valence-electron chi connectivity index (χ4n) is 2.86. The standard InChI is InChI=1S/C22H30FN3O3S.HI/c1-17(14-29-15-18-7-5-4-6-8-18)12-25-22(24-2)26-13-20-11-21(23)10-9-19(20)16-30(3,27)28;/h4-11,17H,12-16H2,1-3H3,(H2,24,25,26);1H. The molecule has 0 saturated heterocycles. The molecular formula is C22H31FIN3O3S. The molecule has 0 aliphatic rings. The van der Waals surface area contributed by atoms with E-state index in [0.717, 1.165) is 11.8 Å². The van der Waals surface area contributed by atoms with Gasteiger partial charge in [0.1, 0.15) is 5.82 Å². The number of nitrogens with zero attached hydrogens (tertiary/aromatic N) is 1. The molecule has 172 valence electrons. The molecule has 0 amide bonds. The van der Waals surface area contributed by atoms with Gasteiger partial charge in [-0.05, 0) is 34.7 Å². The molecule has 0 bridgehead atoms. The van der Waals surface area contributed by atoms with Crippen LogP contribution in [-0.4, -0.2) is 40.8 Å². The molecule has 1 unspecified atom stereocenters. The van der Waals surface area contributed by atoms with E-state index in [1.807, 2.05) is 30.3 Å². The number of sulfone groups is 1. The first-order valence-electron chi connectivity index (χ1n) is 9.78. The number of guanidine groups is 1. The largest absolute Gasteiger partial charge is 0.376 e. The number of ether oxygens (including phenoxy) is 1. The van der Waals surface area contributed by atoms with Gasteiger partial charge >= 0.3 is 0 Å². The van der Waals surface area contributed by atoms with Crippen molar-refractivity contribution in [1.82, 2.24) is 10.6 Å².